The Morgan fingerprint density at radius 1 is 1.07 bits per heavy atom. The molecule has 132 valence electrons. The van der Waals surface area contributed by atoms with Crippen molar-refractivity contribution in [2.75, 3.05) is 18.0 Å². The fourth-order valence-electron chi connectivity index (χ4n) is 4.01. The van der Waals surface area contributed by atoms with E-state index in [9.17, 15) is 5.26 Å². The summed E-state index contributed by atoms with van der Waals surface area (Å²) in [4.78, 5) is 10.4. The number of aromatic nitrogens is 2. The van der Waals surface area contributed by atoms with Crippen LogP contribution in [0.3, 0.4) is 0 Å². The summed E-state index contributed by atoms with van der Waals surface area (Å²) in [6.45, 7) is 2.31. The average molecular weight is 352 g/mol. The average Bonchev–Trinajstić information content (AvgIpc) is 3.31. The lowest BCUT2D eigenvalue weighted by atomic mass is 10.0. The zero-order chi connectivity index (χ0) is 18.2. The predicted molar refractivity (Wildman–Crippen MR) is 110 cm³/mol. The summed E-state index contributed by atoms with van der Waals surface area (Å²) in [6.07, 6.45) is 11.2. The maximum atomic E-state index is 9.32. The highest BCUT2D eigenvalue weighted by atomic mass is 15.1. The highest BCUT2D eigenvalue weighted by Crippen LogP contribution is 2.32. The van der Waals surface area contributed by atoms with Crippen LogP contribution in [0, 0.1) is 11.3 Å². The molecule has 0 atom stereocenters. The van der Waals surface area contributed by atoms with Crippen LogP contribution >= 0.6 is 0 Å². The Kier molecular flexibility index (Phi) is 3.79. The first-order valence-electron chi connectivity index (χ1n) is 9.46. The van der Waals surface area contributed by atoms with Gasteiger partial charge in [-0.05, 0) is 48.8 Å². The third kappa shape index (κ3) is 2.82. The van der Waals surface area contributed by atoms with Gasteiger partial charge in [0.2, 0.25) is 0 Å². The Bertz CT molecular complexity index is 1100. The van der Waals surface area contributed by atoms with Crippen LogP contribution in [0.1, 0.15) is 30.5 Å². The summed E-state index contributed by atoms with van der Waals surface area (Å²) in [6, 6.07) is 13.2. The second-order valence-electron chi connectivity index (χ2n) is 7.20. The van der Waals surface area contributed by atoms with Gasteiger partial charge >= 0.3 is 0 Å². The monoisotopic (exact) mass is 352 g/mol. The van der Waals surface area contributed by atoms with Crippen molar-refractivity contribution in [3.63, 3.8) is 0 Å². The summed E-state index contributed by atoms with van der Waals surface area (Å²) in [5.74, 6) is 0. The van der Waals surface area contributed by atoms with E-state index in [2.05, 4.69) is 51.3 Å². The Labute approximate surface area is 158 Å². The molecule has 0 spiro atoms. The summed E-state index contributed by atoms with van der Waals surface area (Å²) in [5.41, 5.74) is 7.26. The molecule has 0 unspecified atom stereocenters. The van der Waals surface area contributed by atoms with Crippen LogP contribution < -0.4 is 4.90 Å². The highest BCUT2D eigenvalue weighted by Gasteiger charge is 2.14. The SMILES string of the molecule is N#CC1=Cc2c([nH]c3ncc(-c4ccc(N5CCCC5)cc4)cc23)C=CC1. The number of benzene rings is 1. The number of allylic oxidation sites excluding steroid dienone is 2. The first-order valence-corrected chi connectivity index (χ1v) is 9.46. The van der Waals surface area contributed by atoms with Gasteiger partial charge in [-0.3, -0.25) is 0 Å². The second kappa shape index (κ2) is 6.44. The third-order valence-electron chi connectivity index (χ3n) is 5.48. The molecule has 2 aromatic heterocycles. The number of anilines is 1. The second-order valence-corrected chi connectivity index (χ2v) is 7.20. The zero-order valence-electron chi connectivity index (χ0n) is 15.1. The molecule has 5 rings (SSSR count). The zero-order valence-corrected chi connectivity index (χ0v) is 15.1. The molecule has 1 aromatic carbocycles. The molecule has 0 bridgehead atoms. The summed E-state index contributed by atoms with van der Waals surface area (Å²) >= 11 is 0. The van der Waals surface area contributed by atoms with E-state index in [0.717, 1.165) is 52.1 Å². The van der Waals surface area contributed by atoms with Crippen LogP contribution in [0.25, 0.3) is 34.3 Å². The molecular weight excluding hydrogens is 332 g/mol. The molecule has 1 fully saturated rings. The van der Waals surface area contributed by atoms with E-state index in [4.69, 9.17) is 0 Å². The van der Waals surface area contributed by atoms with Gasteiger partial charge in [0.05, 0.1) is 6.07 Å². The minimum Gasteiger partial charge on any atom is -0.372 e. The van der Waals surface area contributed by atoms with Crippen molar-refractivity contribution in [3.8, 4) is 17.2 Å². The fourth-order valence-corrected chi connectivity index (χ4v) is 4.01. The van der Waals surface area contributed by atoms with Gasteiger partial charge in [0.25, 0.3) is 0 Å². The smallest absolute Gasteiger partial charge is 0.138 e. The van der Waals surface area contributed by atoms with Crippen LogP contribution in [0.4, 0.5) is 5.69 Å². The first-order chi connectivity index (χ1) is 13.3. The minimum atomic E-state index is 0.672. The van der Waals surface area contributed by atoms with Crippen molar-refractivity contribution in [2.45, 2.75) is 19.3 Å². The predicted octanol–water partition coefficient (Wildman–Crippen LogP) is 5.15. The van der Waals surface area contributed by atoms with Crippen molar-refractivity contribution in [3.05, 3.63) is 59.4 Å². The standard InChI is InChI=1S/C23H20N4/c24-14-16-4-3-5-22-20(12-16)21-13-18(15-25-23(21)26-22)17-6-8-19(9-7-17)27-10-1-2-11-27/h3,5-9,12-13,15H,1-2,4,10-11H2,(H,25,26). The van der Waals surface area contributed by atoms with Gasteiger partial charge in [-0.1, -0.05) is 18.2 Å². The Hall–Kier alpha value is -3.32. The number of hydrogen-bond donors (Lipinski definition) is 1. The van der Waals surface area contributed by atoms with Gasteiger partial charge in [-0.2, -0.15) is 5.26 Å². The number of pyridine rings is 1. The number of nitrogens with zero attached hydrogens (tertiary/aromatic N) is 3. The molecule has 0 radical (unpaired) electrons. The van der Waals surface area contributed by atoms with Gasteiger partial charge in [0.15, 0.2) is 0 Å². The lowest BCUT2D eigenvalue weighted by molar-refractivity contribution is 0.949. The van der Waals surface area contributed by atoms with Crippen LogP contribution in [0.2, 0.25) is 0 Å². The number of nitriles is 1. The van der Waals surface area contributed by atoms with E-state index >= 15 is 0 Å². The van der Waals surface area contributed by atoms with Crippen molar-refractivity contribution in [1.29, 1.82) is 5.26 Å². The molecule has 4 nitrogen and oxygen atoms in total. The minimum absolute atomic E-state index is 0.672. The molecule has 1 saturated heterocycles. The molecule has 27 heavy (non-hydrogen) atoms. The third-order valence-corrected chi connectivity index (χ3v) is 5.48. The van der Waals surface area contributed by atoms with Gasteiger partial charge in [0, 0.05) is 59.2 Å². The Morgan fingerprint density at radius 3 is 2.67 bits per heavy atom. The Balaban J connectivity index is 1.56. The van der Waals surface area contributed by atoms with E-state index in [-0.39, 0.29) is 0 Å². The molecule has 0 saturated carbocycles. The number of nitrogens with one attached hydrogen (secondary N) is 1. The lowest BCUT2D eigenvalue weighted by Gasteiger charge is -2.17. The van der Waals surface area contributed by atoms with Crippen molar-refractivity contribution < 1.29 is 0 Å². The molecule has 4 heteroatoms. The van der Waals surface area contributed by atoms with Crippen molar-refractivity contribution >= 4 is 28.9 Å². The van der Waals surface area contributed by atoms with E-state index in [1.165, 1.54) is 18.5 Å². The molecule has 0 amide bonds. The number of aromatic amines is 1. The summed E-state index contributed by atoms with van der Waals surface area (Å²) in [5, 5.41) is 10.4. The van der Waals surface area contributed by atoms with Crippen molar-refractivity contribution in [2.24, 2.45) is 0 Å². The lowest BCUT2D eigenvalue weighted by Crippen LogP contribution is -2.17. The van der Waals surface area contributed by atoms with Gasteiger partial charge in [-0.25, -0.2) is 4.98 Å². The first kappa shape index (κ1) is 15.9. The fraction of sp³-hybridized carbons (Fsp3) is 0.217. The maximum absolute atomic E-state index is 9.32. The molecule has 1 aliphatic heterocycles. The van der Waals surface area contributed by atoms with E-state index in [0.29, 0.717) is 6.42 Å². The topological polar surface area (TPSA) is 55.7 Å². The van der Waals surface area contributed by atoms with Crippen LogP contribution in [0.5, 0.6) is 0 Å². The number of fused-ring (bicyclic) bond motifs is 3. The quantitative estimate of drug-likeness (QED) is 0.693. The molecule has 1 N–H and O–H groups in total. The Morgan fingerprint density at radius 2 is 1.89 bits per heavy atom. The largest absolute Gasteiger partial charge is 0.372 e. The highest BCUT2D eigenvalue weighted by molar-refractivity contribution is 5.94. The normalized spacial score (nSPS) is 16.1. The van der Waals surface area contributed by atoms with Crippen molar-refractivity contribution in [1.82, 2.24) is 9.97 Å². The number of H-pyrrole nitrogens is 1. The van der Waals surface area contributed by atoms with Gasteiger partial charge in [0.1, 0.15) is 5.65 Å². The van der Waals surface area contributed by atoms with E-state index in [1.54, 1.807) is 0 Å². The summed E-state index contributed by atoms with van der Waals surface area (Å²) < 4.78 is 0. The molecule has 2 aliphatic rings. The molecule has 3 aromatic rings. The van der Waals surface area contributed by atoms with Crippen LogP contribution in [-0.2, 0) is 0 Å². The van der Waals surface area contributed by atoms with Crippen LogP contribution in [0.15, 0.2) is 48.2 Å². The number of rotatable bonds is 2. The maximum Gasteiger partial charge on any atom is 0.138 e. The molecule has 1 aliphatic carbocycles. The van der Waals surface area contributed by atoms with E-state index < -0.39 is 0 Å². The summed E-state index contributed by atoms with van der Waals surface area (Å²) in [7, 11) is 0. The molecular formula is C23H20N4. The number of hydrogen-bond acceptors (Lipinski definition) is 3. The van der Waals surface area contributed by atoms with Crippen LogP contribution in [-0.4, -0.2) is 23.1 Å². The van der Waals surface area contributed by atoms with E-state index in [1.807, 2.05) is 24.4 Å². The van der Waals surface area contributed by atoms with Gasteiger partial charge < -0.3 is 9.88 Å². The van der Waals surface area contributed by atoms with Gasteiger partial charge in [-0.15, -0.1) is 0 Å². The molecule has 3 heterocycles.